The Balaban J connectivity index is 0.00000158. The number of hydrogen-bond acceptors (Lipinski definition) is 4. The van der Waals surface area contributed by atoms with Crippen molar-refractivity contribution in [2.75, 3.05) is 20.8 Å². The summed E-state index contributed by atoms with van der Waals surface area (Å²) in [6.07, 6.45) is 8.07. The number of aromatic nitrogens is 2. The Bertz CT molecular complexity index is 1140. The van der Waals surface area contributed by atoms with Gasteiger partial charge in [0.1, 0.15) is 11.6 Å². The summed E-state index contributed by atoms with van der Waals surface area (Å²) in [7, 11) is 2.64. The molecule has 1 atom stereocenters. The third kappa shape index (κ3) is 5.54. The minimum absolute atomic E-state index is 0.0423. The van der Waals surface area contributed by atoms with Crippen molar-refractivity contribution in [1.82, 2.24) is 14.5 Å². The lowest BCUT2D eigenvalue weighted by Gasteiger charge is -2.35. The van der Waals surface area contributed by atoms with Gasteiger partial charge in [-0.25, -0.2) is 9.37 Å². The molecule has 180 valence electrons. The molecule has 1 saturated heterocycles. The number of methoxy groups -OCH3 is 1. The zero-order valence-electron chi connectivity index (χ0n) is 20.2. The topological polar surface area (TPSA) is 67.6 Å². The number of aliphatic hydroxyl groups excluding tert-OH is 1. The van der Waals surface area contributed by atoms with Crippen molar-refractivity contribution in [2.45, 2.75) is 39.2 Å². The second-order valence-corrected chi connectivity index (χ2v) is 8.10. The number of carbonyl (C=O) groups excluding carboxylic acids is 1. The van der Waals surface area contributed by atoms with Crippen LogP contribution in [0.2, 0.25) is 0 Å². The van der Waals surface area contributed by atoms with Gasteiger partial charge in [-0.05, 0) is 67.7 Å². The van der Waals surface area contributed by atoms with E-state index in [-0.39, 0.29) is 17.8 Å². The molecule has 0 bridgehead atoms. The van der Waals surface area contributed by atoms with Crippen molar-refractivity contribution in [3.8, 4) is 11.4 Å². The lowest BCUT2D eigenvalue weighted by Crippen LogP contribution is -2.39. The van der Waals surface area contributed by atoms with Gasteiger partial charge in [0.05, 0.1) is 30.9 Å². The van der Waals surface area contributed by atoms with Gasteiger partial charge < -0.3 is 19.3 Å². The monoisotopic (exact) mass is 465 g/mol. The summed E-state index contributed by atoms with van der Waals surface area (Å²) in [5, 5.41) is 7.00. The van der Waals surface area contributed by atoms with E-state index in [0.717, 1.165) is 60.2 Å². The lowest BCUT2D eigenvalue weighted by molar-refractivity contribution is -0.131. The van der Waals surface area contributed by atoms with E-state index >= 15 is 0 Å². The van der Waals surface area contributed by atoms with Crippen LogP contribution in [0.25, 0.3) is 11.8 Å². The third-order valence-corrected chi connectivity index (χ3v) is 5.93. The van der Waals surface area contributed by atoms with E-state index < -0.39 is 0 Å². The molecule has 4 rings (SSSR count). The van der Waals surface area contributed by atoms with E-state index in [2.05, 4.69) is 11.9 Å². The van der Waals surface area contributed by atoms with E-state index in [4.69, 9.17) is 9.84 Å². The predicted octanol–water partition coefficient (Wildman–Crippen LogP) is 5.09. The number of nitrogens with zero attached hydrogens (tertiary/aromatic N) is 3. The summed E-state index contributed by atoms with van der Waals surface area (Å²) in [4.78, 5) is 19.6. The minimum atomic E-state index is -0.266. The van der Waals surface area contributed by atoms with Gasteiger partial charge in [-0.2, -0.15) is 0 Å². The van der Waals surface area contributed by atoms with Gasteiger partial charge in [0.2, 0.25) is 5.91 Å². The Labute approximate surface area is 200 Å². The molecule has 1 aliphatic rings. The maximum Gasteiger partial charge on any atom is 0.250 e. The van der Waals surface area contributed by atoms with Gasteiger partial charge in [-0.1, -0.05) is 25.1 Å². The summed E-state index contributed by atoms with van der Waals surface area (Å²) in [6, 6.07) is 12.3. The number of hydrogen-bond donors (Lipinski definition) is 1. The Kier molecular flexibility index (Phi) is 8.60. The van der Waals surface area contributed by atoms with Crippen LogP contribution in [0.4, 0.5) is 4.39 Å². The molecule has 2 heterocycles. The van der Waals surface area contributed by atoms with Gasteiger partial charge in [-0.15, -0.1) is 0 Å². The number of piperidine rings is 1. The second kappa shape index (κ2) is 11.6. The van der Waals surface area contributed by atoms with Gasteiger partial charge >= 0.3 is 0 Å². The standard InChI is InChI=1S/C26H28FN3O2.CH4O/c1-4-23(20-8-10-22(27)11-9-20)30-13-5-6-21(26(30)31)14-19-7-12-24(25(15-19)32-3)29-16-18(2)28-17-29;1-2/h7-12,14-17,23H,4-6,13H2,1-3H3;2H,1H3/b21-14+;. The fourth-order valence-corrected chi connectivity index (χ4v) is 4.34. The summed E-state index contributed by atoms with van der Waals surface area (Å²) >= 11 is 0. The maximum atomic E-state index is 13.4. The fraction of sp³-hybridized carbons (Fsp3) is 0.333. The molecule has 6 nitrogen and oxygen atoms in total. The van der Waals surface area contributed by atoms with E-state index in [1.807, 2.05) is 46.9 Å². The van der Waals surface area contributed by atoms with E-state index in [1.165, 1.54) is 12.1 Å². The summed E-state index contributed by atoms with van der Waals surface area (Å²) < 4.78 is 20.9. The highest BCUT2D eigenvalue weighted by atomic mass is 19.1. The molecule has 1 aliphatic heterocycles. The molecule has 1 fully saturated rings. The van der Waals surface area contributed by atoms with Crippen LogP contribution in [0.1, 0.15) is 49.0 Å². The molecule has 1 unspecified atom stereocenters. The molecule has 2 aromatic carbocycles. The quantitative estimate of drug-likeness (QED) is 0.515. The first kappa shape index (κ1) is 25.2. The van der Waals surface area contributed by atoms with Crippen LogP contribution in [0.15, 0.2) is 60.6 Å². The first-order chi connectivity index (χ1) is 16.5. The minimum Gasteiger partial charge on any atom is -0.495 e. The third-order valence-electron chi connectivity index (χ3n) is 5.93. The zero-order chi connectivity index (χ0) is 24.7. The second-order valence-electron chi connectivity index (χ2n) is 8.10. The number of amides is 1. The molecule has 1 N–H and O–H groups in total. The van der Waals surface area contributed by atoms with E-state index in [0.29, 0.717) is 6.54 Å². The molecule has 34 heavy (non-hydrogen) atoms. The summed E-state index contributed by atoms with van der Waals surface area (Å²) in [6.45, 7) is 4.70. The predicted molar refractivity (Wildman–Crippen MR) is 131 cm³/mol. The van der Waals surface area contributed by atoms with Crippen LogP contribution < -0.4 is 4.74 Å². The Morgan fingerprint density at radius 2 is 1.94 bits per heavy atom. The van der Waals surface area contributed by atoms with Crippen LogP contribution in [0, 0.1) is 12.7 Å². The van der Waals surface area contributed by atoms with Gasteiger partial charge in [0, 0.05) is 25.4 Å². The summed E-state index contributed by atoms with van der Waals surface area (Å²) in [5.74, 6) is 0.493. The van der Waals surface area contributed by atoms with Gasteiger partial charge in [0.25, 0.3) is 0 Å². The number of benzene rings is 2. The van der Waals surface area contributed by atoms with Gasteiger partial charge in [-0.3, -0.25) is 4.79 Å². The van der Waals surface area contributed by atoms with Crippen molar-refractivity contribution in [3.05, 3.63) is 83.2 Å². The lowest BCUT2D eigenvalue weighted by atomic mass is 9.95. The number of imidazole rings is 1. The summed E-state index contributed by atoms with van der Waals surface area (Å²) in [5.41, 5.74) is 4.49. The van der Waals surface area contributed by atoms with Crippen LogP contribution in [-0.2, 0) is 4.79 Å². The average molecular weight is 466 g/mol. The number of likely N-dealkylation sites (tertiary alicyclic amines) is 1. The normalized spacial score (nSPS) is 15.6. The number of rotatable bonds is 6. The van der Waals surface area contributed by atoms with Crippen molar-refractivity contribution in [3.63, 3.8) is 0 Å². The molecule has 1 amide bonds. The molecule has 1 aromatic heterocycles. The van der Waals surface area contributed by atoms with Crippen molar-refractivity contribution < 1.29 is 19.0 Å². The first-order valence-electron chi connectivity index (χ1n) is 11.4. The molecule has 0 radical (unpaired) electrons. The molecule has 7 heteroatoms. The van der Waals surface area contributed by atoms with Crippen LogP contribution in [0.5, 0.6) is 5.75 Å². The highest BCUT2D eigenvalue weighted by molar-refractivity contribution is 5.98. The molecule has 0 saturated carbocycles. The van der Waals surface area contributed by atoms with Crippen molar-refractivity contribution in [2.24, 2.45) is 0 Å². The van der Waals surface area contributed by atoms with E-state index in [1.54, 1.807) is 25.6 Å². The van der Waals surface area contributed by atoms with E-state index in [9.17, 15) is 9.18 Å². The highest BCUT2D eigenvalue weighted by Gasteiger charge is 2.29. The largest absolute Gasteiger partial charge is 0.495 e. The number of carbonyl (C=O) groups is 1. The maximum absolute atomic E-state index is 13.4. The van der Waals surface area contributed by atoms with Crippen LogP contribution in [-0.4, -0.2) is 46.2 Å². The van der Waals surface area contributed by atoms with Crippen molar-refractivity contribution in [1.29, 1.82) is 0 Å². The molecule has 0 spiro atoms. The van der Waals surface area contributed by atoms with Crippen LogP contribution >= 0.6 is 0 Å². The Hall–Kier alpha value is -3.45. The molecule has 3 aromatic rings. The Morgan fingerprint density at radius 3 is 2.56 bits per heavy atom. The van der Waals surface area contributed by atoms with Crippen LogP contribution in [0.3, 0.4) is 0 Å². The average Bonchev–Trinajstić information content (AvgIpc) is 3.30. The van der Waals surface area contributed by atoms with Crippen molar-refractivity contribution >= 4 is 12.0 Å². The number of aryl methyl sites for hydroxylation is 1. The SMILES string of the molecule is CCC(c1ccc(F)cc1)N1CCC/C(=C\c2ccc(-n3cnc(C)c3)c(OC)c2)C1=O.CO. The van der Waals surface area contributed by atoms with Gasteiger partial charge in [0.15, 0.2) is 0 Å². The highest BCUT2D eigenvalue weighted by Crippen LogP contribution is 2.32. The Morgan fingerprint density at radius 1 is 1.21 bits per heavy atom. The molecular formula is C27H32FN3O3. The zero-order valence-corrected chi connectivity index (χ0v) is 20.2. The first-order valence-corrected chi connectivity index (χ1v) is 11.4. The smallest absolute Gasteiger partial charge is 0.250 e. The number of ether oxygens (including phenoxy) is 1. The number of aliphatic hydroxyl groups is 1. The molecule has 0 aliphatic carbocycles. The fourth-order valence-electron chi connectivity index (χ4n) is 4.34. The molecular weight excluding hydrogens is 433 g/mol. The number of halogens is 1.